The molecule has 0 aliphatic carbocycles. The second-order valence-corrected chi connectivity index (χ2v) is 8.14. The van der Waals surface area contributed by atoms with E-state index >= 15 is 8.78 Å². The van der Waals surface area contributed by atoms with Crippen molar-refractivity contribution in [2.75, 3.05) is 27.2 Å². The van der Waals surface area contributed by atoms with Crippen LogP contribution in [-0.4, -0.2) is 57.1 Å². The number of likely N-dealkylation sites (tertiary alicyclic amines) is 1. The topological polar surface area (TPSA) is 65.2 Å². The number of pyridine rings is 2. The van der Waals surface area contributed by atoms with Gasteiger partial charge in [-0.15, -0.1) is 0 Å². The minimum atomic E-state index is -3.15. The molecule has 1 fully saturated rings. The number of rotatable bonds is 3. The number of halogens is 2. The van der Waals surface area contributed by atoms with Crippen LogP contribution in [0, 0.1) is 0 Å². The summed E-state index contributed by atoms with van der Waals surface area (Å²) in [6, 6.07) is 7.88. The lowest BCUT2D eigenvalue weighted by Crippen LogP contribution is -2.49. The van der Waals surface area contributed by atoms with Crippen LogP contribution in [0.1, 0.15) is 13.8 Å². The molecular weight excluding hydrogens is 416 g/mol. The van der Waals surface area contributed by atoms with Gasteiger partial charge in [0.2, 0.25) is 5.88 Å². The number of aromatic nitrogens is 4. The summed E-state index contributed by atoms with van der Waals surface area (Å²) in [5.74, 6) is -2.66. The van der Waals surface area contributed by atoms with Gasteiger partial charge in [-0.05, 0) is 37.2 Å². The maximum absolute atomic E-state index is 15.2. The van der Waals surface area contributed by atoms with Crippen LogP contribution >= 0.6 is 0 Å². The van der Waals surface area contributed by atoms with Crippen LogP contribution in [-0.2, 0) is 7.05 Å². The lowest BCUT2D eigenvalue weighted by molar-refractivity contribution is -0.0977. The molecule has 0 amide bonds. The number of benzene rings is 1. The van der Waals surface area contributed by atoms with E-state index in [2.05, 4.69) is 9.97 Å². The van der Waals surface area contributed by atoms with E-state index in [4.69, 9.17) is 6.11 Å². The predicted molar refractivity (Wildman–Crippen MR) is 118 cm³/mol. The van der Waals surface area contributed by atoms with Crippen LogP contribution in [0.3, 0.4) is 0 Å². The van der Waals surface area contributed by atoms with Gasteiger partial charge in [-0.3, -0.25) is 14.1 Å². The molecule has 0 N–H and O–H groups in total. The SMILES string of the molecule is [2H]CN1CC[C@@H](n2c(=O)n(C)c3cnc4ccc(-c5ccc(OC)nc5)cc4c32)C(F)(F)C1. The molecule has 0 spiro atoms. The van der Waals surface area contributed by atoms with Gasteiger partial charge in [0.1, 0.15) is 6.04 Å². The largest absolute Gasteiger partial charge is 0.481 e. The molecule has 0 unspecified atom stereocenters. The standard InChI is InChI=1S/C23H23F2N5O2/c1-28-9-8-19(23(24,25)13-28)30-21-16-10-14(15-5-7-20(32-3)27-11-15)4-6-17(16)26-12-18(21)29(2)22(30)31/h4-7,10-12,19H,8-9,13H2,1-3H3/t19-/m1/s1/i1D. The molecule has 7 nitrogen and oxygen atoms in total. The van der Waals surface area contributed by atoms with Gasteiger partial charge in [0.05, 0.1) is 36.4 Å². The van der Waals surface area contributed by atoms with Crippen LogP contribution < -0.4 is 10.4 Å². The molecule has 166 valence electrons. The molecule has 1 saturated heterocycles. The summed E-state index contributed by atoms with van der Waals surface area (Å²) >= 11 is 0. The van der Waals surface area contributed by atoms with Crippen molar-refractivity contribution in [1.29, 1.82) is 0 Å². The maximum atomic E-state index is 15.2. The third-order valence-corrected chi connectivity index (χ3v) is 6.15. The van der Waals surface area contributed by atoms with Gasteiger partial charge in [0.15, 0.2) is 0 Å². The zero-order valence-electron chi connectivity index (χ0n) is 18.8. The molecule has 4 aromatic rings. The highest BCUT2D eigenvalue weighted by atomic mass is 19.3. The molecule has 32 heavy (non-hydrogen) atoms. The van der Waals surface area contributed by atoms with E-state index in [-0.39, 0.29) is 13.4 Å². The van der Waals surface area contributed by atoms with Crippen molar-refractivity contribution >= 4 is 21.9 Å². The minimum absolute atomic E-state index is 0.0802. The van der Waals surface area contributed by atoms with E-state index in [1.54, 1.807) is 32.6 Å². The quantitative estimate of drug-likeness (QED) is 0.488. The number of hydrogen-bond acceptors (Lipinski definition) is 5. The van der Waals surface area contributed by atoms with Gasteiger partial charge in [-0.2, -0.15) is 0 Å². The van der Waals surface area contributed by atoms with Crippen molar-refractivity contribution in [3.05, 3.63) is 53.2 Å². The monoisotopic (exact) mass is 440 g/mol. The Hall–Kier alpha value is -3.33. The molecule has 1 atom stereocenters. The van der Waals surface area contributed by atoms with Crippen molar-refractivity contribution < 1.29 is 14.9 Å². The van der Waals surface area contributed by atoms with E-state index in [9.17, 15) is 4.79 Å². The first-order chi connectivity index (χ1) is 15.8. The molecule has 5 rings (SSSR count). The van der Waals surface area contributed by atoms with Gasteiger partial charge in [0, 0.05) is 38.2 Å². The fourth-order valence-electron chi connectivity index (χ4n) is 4.48. The third kappa shape index (κ3) is 3.15. The Balaban J connectivity index is 1.73. The first-order valence-electron chi connectivity index (χ1n) is 10.9. The number of alkyl halides is 2. The molecule has 0 radical (unpaired) electrons. The number of piperidine rings is 1. The highest BCUT2D eigenvalue weighted by Gasteiger charge is 2.46. The zero-order valence-corrected chi connectivity index (χ0v) is 17.8. The fraction of sp³-hybridized carbons (Fsp3) is 0.348. The van der Waals surface area contributed by atoms with Crippen LogP contribution in [0.2, 0.25) is 0 Å². The summed E-state index contributed by atoms with van der Waals surface area (Å²) in [4.78, 5) is 23.3. The van der Waals surface area contributed by atoms with Gasteiger partial charge in [-0.25, -0.2) is 18.6 Å². The Labute approximate surface area is 184 Å². The second kappa shape index (κ2) is 7.37. The maximum Gasteiger partial charge on any atom is 0.329 e. The Kier molecular flexibility index (Phi) is 4.46. The summed E-state index contributed by atoms with van der Waals surface area (Å²) in [5, 5.41) is 0.622. The van der Waals surface area contributed by atoms with Crippen LogP contribution in [0.4, 0.5) is 8.78 Å². The lowest BCUT2D eigenvalue weighted by atomic mass is 10.00. The first kappa shape index (κ1) is 19.4. The summed E-state index contributed by atoms with van der Waals surface area (Å²) < 4.78 is 45.6. The number of nitrogens with zero attached hydrogens (tertiary/aromatic N) is 5. The van der Waals surface area contributed by atoms with E-state index in [0.717, 1.165) is 11.1 Å². The molecule has 9 heteroatoms. The minimum Gasteiger partial charge on any atom is -0.481 e. The number of fused-ring (bicyclic) bond motifs is 3. The normalized spacial score (nSPS) is 19.4. The first-order valence-corrected chi connectivity index (χ1v) is 10.2. The fourth-order valence-corrected chi connectivity index (χ4v) is 4.48. The molecule has 1 aromatic carbocycles. The molecule has 0 bridgehead atoms. The third-order valence-electron chi connectivity index (χ3n) is 6.15. The number of methoxy groups -OCH3 is 1. The van der Waals surface area contributed by atoms with Gasteiger partial charge < -0.3 is 9.64 Å². The number of imidazole rings is 1. The highest BCUT2D eigenvalue weighted by Crippen LogP contribution is 2.39. The highest BCUT2D eigenvalue weighted by molar-refractivity contribution is 6.04. The van der Waals surface area contributed by atoms with Crippen LogP contribution in [0.5, 0.6) is 5.88 Å². The Morgan fingerprint density at radius 1 is 1.19 bits per heavy atom. The summed E-state index contributed by atoms with van der Waals surface area (Å²) in [6.07, 6.45) is 3.31. The van der Waals surface area contributed by atoms with Crippen molar-refractivity contribution in [1.82, 2.24) is 24.0 Å². The van der Waals surface area contributed by atoms with E-state index in [1.807, 2.05) is 24.3 Å². The van der Waals surface area contributed by atoms with E-state index < -0.39 is 24.2 Å². The molecule has 1 aliphatic rings. The van der Waals surface area contributed by atoms with Crippen molar-refractivity contribution in [2.24, 2.45) is 7.05 Å². The number of hydrogen-bond donors (Lipinski definition) is 0. The van der Waals surface area contributed by atoms with Gasteiger partial charge in [0.25, 0.3) is 5.92 Å². The van der Waals surface area contributed by atoms with Crippen LogP contribution in [0.15, 0.2) is 47.5 Å². The van der Waals surface area contributed by atoms with Crippen LogP contribution in [0.25, 0.3) is 33.1 Å². The summed E-state index contributed by atoms with van der Waals surface area (Å²) in [6.45, 7) is -0.214. The molecule has 1 aliphatic heterocycles. The summed E-state index contributed by atoms with van der Waals surface area (Å²) in [5.41, 5.74) is 2.70. The second-order valence-electron chi connectivity index (χ2n) is 8.14. The smallest absolute Gasteiger partial charge is 0.329 e. The Morgan fingerprint density at radius 2 is 2.00 bits per heavy atom. The molecule has 0 saturated carbocycles. The Morgan fingerprint density at radius 3 is 2.69 bits per heavy atom. The lowest BCUT2D eigenvalue weighted by Gasteiger charge is -2.37. The van der Waals surface area contributed by atoms with Crippen molar-refractivity contribution in [3.63, 3.8) is 0 Å². The molecular formula is C23H23F2N5O2. The zero-order chi connectivity index (χ0) is 23.3. The number of aryl methyl sites for hydroxylation is 1. The van der Waals surface area contributed by atoms with E-state index in [0.29, 0.717) is 34.4 Å². The van der Waals surface area contributed by atoms with Crippen molar-refractivity contribution in [3.8, 4) is 17.0 Å². The number of ether oxygens (including phenoxy) is 1. The molecule has 3 aromatic heterocycles. The van der Waals surface area contributed by atoms with Gasteiger partial charge in [-0.1, -0.05) is 6.07 Å². The average molecular weight is 440 g/mol. The Bertz CT molecular complexity index is 1400. The average Bonchev–Trinajstić information content (AvgIpc) is 3.08. The van der Waals surface area contributed by atoms with Gasteiger partial charge >= 0.3 is 5.69 Å². The summed E-state index contributed by atoms with van der Waals surface area (Å²) in [7, 11) is 2.92. The van der Waals surface area contributed by atoms with E-state index in [1.165, 1.54) is 14.0 Å². The van der Waals surface area contributed by atoms with Crippen molar-refractivity contribution in [2.45, 2.75) is 18.4 Å². The predicted octanol–water partition coefficient (Wildman–Crippen LogP) is 3.47. The molecule has 4 heterocycles.